The van der Waals surface area contributed by atoms with E-state index in [0.717, 1.165) is 0 Å². The van der Waals surface area contributed by atoms with Crippen LogP contribution in [0.5, 0.6) is 5.75 Å². The second-order valence-electron chi connectivity index (χ2n) is 3.81. The van der Waals surface area contributed by atoms with Crippen molar-refractivity contribution in [3.05, 3.63) is 35.7 Å². The van der Waals surface area contributed by atoms with Gasteiger partial charge in [0.05, 0.1) is 5.69 Å². The van der Waals surface area contributed by atoms with Crippen molar-refractivity contribution in [2.45, 2.75) is 18.7 Å². The largest absolute Gasteiger partial charge is 0.508 e. The minimum absolute atomic E-state index is 0.0193. The second kappa shape index (κ2) is 4.34. The van der Waals surface area contributed by atoms with Gasteiger partial charge in [0.1, 0.15) is 11.4 Å². The van der Waals surface area contributed by atoms with Gasteiger partial charge in [0.2, 0.25) is 0 Å². The van der Waals surface area contributed by atoms with Gasteiger partial charge in [0.25, 0.3) is 10.0 Å². The molecule has 0 saturated heterocycles. The smallest absolute Gasteiger partial charge is 0.267 e. The summed E-state index contributed by atoms with van der Waals surface area (Å²) in [4.78, 5) is 0.0193. The van der Waals surface area contributed by atoms with Crippen LogP contribution in [0.15, 0.2) is 33.7 Å². The molecule has 2 rings (SSSR count). The number of anilines is 1. The molecule has 0 amide bonds. The fourth-order valence-electron chi connectivity index (χ4n) is 1.63. The molecule has 0 aliphatic heterocycles. The van der Waals surface area contributed by atoms with Crippen molar-refractivity contribution in [2.75, 3.05) is 4.72 Å². The number of aromatic nitrogens is 1. The van der Waals surface area contributed by atoms with E-state index in [0.29, 0.717) is 5.69 Å². The monoisotopic (exact) mass is 268 g/mol. The average molecular weight is 268 g/mol. The molecule has 0 radical (unpaired) electrons. The van der Waals surface area contributed by atoms with Crippen LogP contribution in [-0.2, 0) is 10.0 Å². The zero-order valence-corrected chi connectivity index (χ0v) is 10.7. The molecule has 2 N–H and O–H groups in total. The van der Waals surface area contributed by atoms with Gasteiger partial charge >= 0.3 is 0 Å². The Bertz CT molecular complexity index is 657. The first kappa shape index (κ1) is 12.4. The van der Waals surface area contributed by atoms with Crippen LogP contribution in [0.4, 0.5) is 5.69 Å². The van der Waals surface area contributed by atoms with Crippen LogP contribution in [0.1, 0.15) is 11.5 Å². The summed E-state index contributed by atoms with van der Waals surface area (Å²) in [6, 6.07) is 5.85. The first-order chi connectivity index (χ1) is 8.40. The number of benzene rings is 1. The summed E-state index contributed by atoms with van der Waals surface area (Å²) >= 11 is 0. The maximum Gasteiger partial charge on any atom is 0.267 e. The third-order valence-electron chi connectivity index (χ3n) is 2.33. The number of rotatable bonds is 3. The van der Waals surface area contributed by atoms with Gasteiger partial charge in [-0.2, -0.15) is 0 Å². The highest BCUT2D eigenvalue weighted by atomic mass is 32.2. The highest BCUT2D eigenvalue weighted by molar-refractivity contribution is 7.92. The highest BCUT2D eigenvalue weighted by Gasteiger charge is 2.24. The van der Waals surface area contributed by atoms with E-state index in [9.17, 15) is 13.5 Å². The quantitative estimate of drug-likeness (QED) is 0.885. The lowest BCUT2D eigenvalue weighted by Gasteiger charge is -2.07. The number of aryl methyl sites for hydroxylation is 2. The molecule has 0 unspecified atom stereocenters. The fraction of sp³-hybridized carbons (Fsp3) is 0.182. The molecule has 2 aromatic rings. The van der Waals surface area contributed by atoms with E-state index in [1.165, 1.54) is 25.1 Å². The molecule has 0 spiro atoms. The van der Waals surface area contributed by atoms with E-state index in [4.69, 9.17) is 4.52 Å². The first-order valence-corrected chi connectivity index (χ1v) is 6.63. The van der Waals surface area contributed by atoms with E-state index in [1.54, 1.807) is 13.0 Å². The molecule has 1 aromatic carbocycles. The van der Waals surface area contributed by atoms with Crippen molar-refractivity contribution in [3.8, 4) is 5.75 Å². The summed E-state index contributed by atoms with van der Waals surface area (Å²) in [7, 11) is -3.77. The van der Waals surface area contributed by atoms with E-state index >= 15 is 0 Å². The normalized spacial score (nSPS) is 11.4. The van der Waals surface area contributed by atoms with Crippen molar-refractivity contribution in [2.24, 2.45) is 0 Å². The van der Waals surface area contributed by atoms with E-state index in [1.807, 2.05) is 0 Å². The standard InChI is InChI=1S/C11H12N2O4S/c1-7-11(8(2)17-12-7)18(15,16)13-9-4-3-5-10(14)6-9/h3-6,13-14H,1-2H3. The van der Waals surface area contributed by atoms with Gasteiger partial charge in [-0.25, -0.2) is 8.42 Å². The third-order valence-corrected chi connectivity index (χ3v) is 3.96. The molecule has 0 fully saturated rings. The average Bonchev–Trinajstić information content (AvgIpc) is 2.58. The Morgan fingerprint density at radius 2 is 2.06 bits per heavy atom. The molecule has 0 aliphatic rings. The molecule has 0 atom stereocenters. The number of nitrogens with one attached hydrogen (secondary N) is 1. The minimum Gasteiger partial charge on any atom is -0.508 e. The zero-order valence-electron chi connectivity index (χ0n) is 9.84. The van der Waals surface area contributed by atoms with E-state index in [2.05, 4.69) is 9.88 Å². The van der Waals surface area contributed by atoms with Crippen LogP contribution in [0.3, 0.4) is 0 Å². The Labute approximate surface area is 104 Å². The third kappa shape index (κ3) is 2.30. The van der Waals surface area contributed by atoms with Crippen LogP contribution in [0, 0.1) is 13.8 Å². The number of sulfonamides is 1. The van der Waals surface area contributed by atoms with Gasteiger partial charge in [0, 0.05) is 6.07 Å². The lowest BCUT2D eigenvalue weighted by molar-refractivity contribution is 0.390. The molecular formula is C11H12N2O4S. The van der Waals surface area contributed by atoms with Gasteiger partial charge in [-0.15, -0.1) is 0 Å². The second-order valence-corrected chi connectivity index (χ2v) is 5.43. The van der Waals surface area contributed by atoms with E-state index in [-0.39, 0.29) is 22.1 Å². The van der Waals surface area contributed by atoms with Crippen molar-refractivity contribution in [1.29, 1.82) is 0 Å². The van der Waals surface area contributed by atoms with Gasteiger partial charge in [-0.05, 0) is 26.0 Å². The Balaban J connectivity index is 2.39. The van der Waals surface area contributed by atoms with Crippen LogP contribution in [-0.4, -0.2) is 18.7 Å². The van der Waals surface area contributed by atoms with Gasteiger partial charge in [-0.1, -0.05) is 11.2 Å². The van der Waals surface area contributed by atoms with Gasteiger partial charge in [-0.3, -0.25) is 4.72 Å². The number of aromatic hydroxyl groups is 1. The van der Waals surface area contributed by atoms with E-state index < -0.39 is 10.0 Å². The molecule has 96 valence electrons. The molecule has 18 heavy (non-hydrogen) atoms. The fourth-order valence-corrected chi connectivity index (χ4v) is 3.02. The predicted molar refractivity (Wildman–Crippen MR) is 64.9 cm³/mol. The van der Waals surface area contributed by atoms with Crippen LogP contribution in [0.2, 0.25) is 0 Å². The number of nitrogens with zero attached hydrogens (tertiary/aromatic N) is 1. The summed E-state index contributed by atoms with van der Waals surface area (Å²) in [5, 5.41) is 12.9. The van der Waals surface area contributed by atoms with Crippen molar-refractivity contribution in [3.63, 3.8) is 0 Å². The SMILES string of the molecule is Cc1noc(C)c1S(=O)(=O)Nc1cccc(O)c1. The maximum absolute atomic E-state index is 12.1. The number of hydrogen-bond donors (Lipinski definition) is 2. The molecule has 1 aromatic heterocycles. The molecule has 1 heterocycles. The topological polar surface area (TPSA) is 92.4 Å². The number of hydrogen-bond acceptors (Lipinski definition) is 5. The highest BCUT2D eigenvalue weighted by Crippen LogP contribution is 2.23. The maximum atomic E-state index is 12.1. The molecule has 0 aliphatic carbocycles. The van der Waals surface area contributed by atoms with Crippen molar-refractivity contribution >= 4 is 15.7 Å². The minimum atomic E-state index is -3.77. The van der Waals surface area contributed by atoms with Crippen LogP contribution < -0.4 is 4.72 Å². The summed E-state index contributed by atoms with van der Waals surface area (Å²) in [5.74, 6) is 0.203. The Morgan fingerprint density at radius 3 is 2.61 bits per heavy atom. The molecule has 7 heteroatoms. The lowest BCUT2D eigenvalue weighted by Crippen LogP contribution is -2.14. The zero-order chi connectivity index (χ0) is 13.3. The van der Waals surface area contributed by atoms with Gasteiger partial charge in [0.15, 0.2) is 10.7 Å². The summed E-state index contributed by atoms with van der Waals surface area (Å²) < 4.78 is 31.4. The number of phenolic OH excluding ortho intramolecular Hbond substituents is 1. The lowest BCUT2D eigenvalue weighted by atomic mass is 10.3. The number of phenols is 1. The Morgan fingerprint density at radius 1 is 1.33 bits per heavy atom. The Hall–Kier alpha value is -2.02. The summed E-state index contributed by atoms with van der Waals surface area (Å²) in [6.45, 7) is 3.07. The van der Waals surface area contributed by atoms with Crippen molar-refractivity contribution < 1.29 is 18.0 Å². The predicted octanol–water partition coefficient (Wildman–Crippen LogP) is 1.80. The molecule has 0 saturated carbocycles. The summed E-state index contributed by atoms with van der Waals surface area (Å²) in [6.07, 6.45) is 0. The molecular weight excluding hydrogens is 256 g/mol. The van der Waals surface area contributed by atoms with Crippen LogP contribution >= 0.6 is 0 Å². The Kier molecular flexibility index (Phi) is 3.00. The van der Waals surface area contributed by atoms with Gasteiger partial charge < -0.3 is 9.63 Å². The molecule has 6 nitrogen and oxygen atoms in total. The summed E-state index contributed by atoms with van der Waals surface area (Å²) in [5.41, 5.74) is 0.565. The molecule has 0 bridgehead atoms. The van der Waals surface area contributed by atoms with Crippen molar-refractivity contribution in [1.82, 2.24) is 5.16 Å². The van der Waals surface area contributed by atoms with Crippen LogP contribution in [0.25, 0.3) is 0 Å². The first-order valence-electron chi connectivity index (χ1n) is 5.15.